The van der Waals surface area contributed by atoms with Crippen LogP contribution < -0.4 is 5.32 Å². The number of ether oxygens (including phenoxy) is 1. The SMILES string of the molecule is CC(Cl)C(=O)NC1CCOC1C1CC1. The van der Waals surface area contributed by atoms with E-state index in [2.05, 4.69) is 5.32 Å². The molecule has 0 bridgehead atoms. The predicted octanol–water partition coefficient (Wildman–Crippen LogP) is 1.30. The molecule has 0 aromatic carbocycles. The van der Waals surface area contributed by atoms with Gasteiger partial charge < -0.3 is 10.1 Å². The number of nitrogens with one attached hydrogen (secondary N) is 1. The maximum Gasteiger partial charge on any atom is 0.238 e. The average molecular weight is 218 g/mol. The lowest BCUT2D eigenvalue weighted by atomic mass is 10.1. The Morgan fingerprint density at radius 3 is 2.79 bits per heavy atom. The summed E-state index contributed by atoms with van der Waals surface area (Å²) >= 11 is 5.70. The molecule has 2 rings (SSSR count). The first-order valence-corrected chi connectivity index (χ1v) is 5.68. The Labute approximate surface area is 89.1 Å². The van der Waals surface area contributed by atoms with Gasteiger partial charge in [-0.1, -0.05) is 0 Å². The molecule has 80 valence electrons. The highest BCUT2D eigenvalue weighted by molar-refractivity contribution is 6.30. The highest BCUT2D eigenvalue weighted by Crippen LogP contribution is 2.38. The Balaban J connectivity index is 1.86. The van der Waals surface area contributed by atoms with Crippen molar-refractivity contribution in [1.29, 1.82) is 0 Å². The second-order valence-electron chi connectivity index (χ2n) is 4.19. The van der Waals surface area contributed by atoms with Crippen LogP contribution in [0.25, 0.3) is 0 Å². The minimum absolute atomic E-state index is 0.0761. The molecule has 3 unspecified atom stereocenters. The monoisotopic (exact) mass is 217 g/mol. The van der Waals surface area contributed by atoms with E-state index in [0.29, 0.717) is 5.92 Å². The van der Waals surface area contributed by atoms with E-state index in [9.17, 15) is 4.79 Å². The molecule has 0 aromatic rings. The standard InChI is InChI=1S/C10H16ClNO2/c1-6(11)10(13)12-8-4-5-14-9(8)7-2-3-7/h6-9H,2-5H2,1H3,(H,12,13). The fourth-order valence-corrected chi connectivity index (χ4v) is 2.02. The van der Waals surface area contributed by atoms with E-state index in [1.54, 1.807) is 6.92 Å². The summed E-state index contributed by atoms with van der Waals surface area (Å²) in [6.07, 6.45) is 3.66. The van der Waals surface area contributed by atoms with Crippen LogP contribution in [0.5, 0.6) is 0 Å². The fraction of sp³-hybridized carbons (Fsp3) is 0.900. The number of amides is 1. The lowest BCUT2D eigenvalue weighted by Crippen LogP contribution is -2.43. The second kappa shape index (κ2) is 4.07. The average Bonchev–Trinajstić information content (AvgIpc) is 2.88. The van der Waals surface area contributed by atoms with E-state index in [-0.39, 0.29) is 18.1 Å². The molecule has 1 amide bonds. The second-order valence-corrected chi connectivity index (χ2v) is 4.85. The maximum absolute atomic E-state index is 11.4. The van der Waals surface area contributed by atoms with E-state index in [1.165, 1.54) is 12.8 Å². The van der Waals surface area contributed by atoms with Gasteiger partial charge in [0, 0.05) is 6.61 Å². The van der Waals surface area contributed by atoms with Crippen LogP contribution in [0, 0.1) is 5.92 Å². The van der Waals surface area contributed by atoms with Crippen LogP contribution in [0.1, 0.15) is 26.2 Å². The van der Waals surface area contributed by atoms with Crippen LogP contribution in [-0.4, -0.2) is 30.0 Å². The van der Waals surface area contributed by atoms with Gasteiger partial charge in [-0.3, -0.25) is 4.79 Å². The van der Waals surface area contributed by atoms with Crippen molar-refractivity contribution >= 4 is 17.5 Å². The maximum atomic E-state index is 11.4. The molecular formula is C10H16ClNO2. The summed E-state index contributed by atoms with van der Waals surface area (Å²) < 4.78 is 5.61. The van der Waals surface area contributed by atoms with Gasteiger partial charge in [-0.05, 0) is 32.1 Å². The molecule has 1 N–H and O–H groups in total. The minimum atomic E-state index is -0.449. The zero-order valence-electron chi connectivity index (χ0n) is 8.33. The molecule has 2 fully saturated rings. The van der Waals surface area contributed by atoms with Crippen molar-refractivity contribution in [2.45, 2.75) is 43.7 Å². The summed E-state index contributed by atoms with van der Waals surface area (Å²) in [4.78, 5) is 11.4. The molecule has 1 saturated heterocycles. The molecule has 1 saturated carbocycles. The number of carbonyl (C=O) groups is 1. The van der Waals surface area contributed by atoms with Crippen molar-refractivity contribution < 1.29 is 9.53 Å². The summed E-state index contributed by atoms with van der Waals surface area (Å²) in [5, 5.41) is 2.51. The van der Waals surface area contributed by atoms with Crippen molar-refractivity contribution in [1.82, 2.24) is 5.32 Å². The largest absolute Gasteiger partial charge is 0.376 e. The van der Waals surface area contributed by atoms with Crippen LogP contribution in [0.4, 0.5) is 0 Å². The van der Waals surface area contributed by atoms with Crippen LogP contribution in [0.2, 0.25) is 0 Å². The molecule has 0 radical (unpaired) electrons. The van der Waals surface area contributed by atoms with Crippen molar-refractivity contribution in [3.8, 4) is 0 Å². The summed E-state index contributed by atoms with van der Waals surface area (Å²) in [5.74, 6) is 0.598. The Hall–Kier alpha value is -0.280. The quantitative estimate of drug-likeness (QED) is 0.724. The van der Waals surface area contributed by atoms with Gasteiger partial charge in [0.25, 0.3) is 0 Å². The van der Waals surface area contributed by atoms with Crippen molar-refractivity contribution in [3.05, 3.63) is 0 Å². The first kappa shape index (κ1) is 10.2. The van der Waals surface area contributed by atoms with Crippen LogP contribution in [0.3, 0.4) is 0 Å². The molecule has 3 nitrogen and oxygen atoms in total. The smallest absolute Gasteiger partial charge is 0.238 e. The molecule has 3 atom stereocenters. The lowest BCUT2D eigenvalue weighted by molar-refractivity contribution is -0.121. The molecule has 1 aliphatic carbocycles. The van der Waals surface area contributed by atoms with Crippen LogP contribution in [0.15, 0.2) is 0 Å². The van der Waals surface area contributed by atoms with Gasteiger partial charge in [0.2, 0.25) is 5.91 Å². The first-order chi connectivity index (χ1) is 6.68. The van der Waals surface area contributed by atoms with Crippen LogP contribution in [-0.2, 0) is 9.53 Å². The van der Waals surface area contributed by atoms with Gasteiger partial charge in [0.1, 0.15) is 5.38 Å². The summed E-state index contributed by atoms with van der Waals surface area (Å²) in [6.45, 7) is 2.46. The Morgan fingerprint density at radius 1 is 1.50 bits per heavy atom. The van der Waals surface area contributed by atoms with E-state index >= 15 is 0 Å². The van der Waals surface area contributed by atoms with E-state index in [0.717, 1.165) is 13.0 Å². The summed E-state index contributed by atoms with van der Waals surface area (Å²) in [6, 6.07) is 0.191. The molecule has 4 heteroatoms. The fourth-order valence-electron chi connectivity index (χ4n) is 1.95. The van der Waals surface area contributed by atoms with Gasteiger partial charge in [0.15, 0.2) is 0 Å². The lowest BCUT2D eigenvalue weighted by Gasteiger charge is -2.19. The van der Waals surface area contributed by atoms with E-state index in [1.807, 2.05) is 0 Å². The highest BCUT2D eigenvalue weighted by Gasteiger charge is 2.41. The van der Waals surface area contributed by atoms with Gasteiger partial charge >= 0.3 is 0 Å². The number of alkyl halides is 1. The van der Waals surface area contributed by atoms with Crippen molar-refractivity contribution in [2.24, 2.45) is 5.92 Å². The Bertz CT molecular complexity index is 228. The van der Waals surface area contributed by atoms with Gasteiger partial charge in [-0.25, -0.2) is 0 Å². The zero-order chi connectivity index (χ0) is 10.1. The number of rotatable bonds is 3. The first-order valence-electron chi connectivity index (χ1n) is 5.24. The topological polar surface area (TPSA) is 38.3 Å². The van der Waals surface area contributed by atoms with Gasteiger partial charge in [-0.2, -0.15) is 0 Å². The van der Waals surface area contributed by atoms with E-state index in [4.69, 9.17) is 16.3 Å². The van der Waals surface area contributed by atoms with Crippen molar-refractivity contribution in [2.75, 3.05) is 6.61 Å². The molecule has 14 heavy (non-hydrogen) atoms. The summed E-state index contributed by atoms with van der Waals surface area (Å²) in [7, 11) is 0. The molecule has 2 aliphatic rings. The Morgan fingerprint density at radius 2 is 2.21 bits per heavy atom. The summed E-state index contributed by atoms with van der Waals surface area (Å²) in [5.41, 5.74) is 0. The third kappa shape index (κ3) is 2.20. The molecule has 1 heterocycles. The number of halogens is 1. The molecular weight excluding hydrogens is 202 g/mol. The highest BCUT2D eigenvalue weighted by atomic mass is 35.5. The Kier molecular flexibility index (Phi) is 2.98. The van der Waals surface area contributed by atoms with Gasteiger partial charge in [0.05, 0.1) is 12.1 Å². The molecule has 0 spiro atoms. The van der Waals surface area contributed by atoms with Gasteiger partial charge in [-0.15, -0.1) is 11.6 Å². The molecule has 1 aliphatic heterocycles. The van der Waals surface area contributed by atoms with Crippen molar-refractivity contribution in [3.63, 3.8) is 0 Å². The number of carbonyl (C=O) groups excluding carboxylic acids is 1. The third-order valence-corrected chi connectivity index (χ3v) is 3.11. The number of hydrogen-bond donors (Lipinski definition) is 1. The van der Waals surface area contributed by atoms with E-state index < -0.39 is 5.38 Å². The minimum Gasteiger partial charge on any atom is -0.376 e. The number of hydrogen-bond acceptors (Lipinski definition) is 2. The normalized spacial score (nSPS) is 34.1. The third-order valence-electron chi connectivity index (χ3n) is 2.91. The van der Waals surface area contributed by atoms with Crippen LogP contribution >= 0.6 is 11.6 Å². The molecule has 0 aromatic heterocycles. The zero-order valence-corrected chi connectivity index (χ0v) is 9.09. The predicted molar refractivity (Wildman–Crippen MR) is 54.3 cm³/mol.